The Morgan fingerprint density at radius 2 is 1.96 bits per heavy atom. The van der Waals surface area contributed by atoms with E-state index in [-0.39, 0.29) is 18.9 Å². The van der Waals surface area contributed by atoms with Crippen molar-refractivity contribution >= 4 is 16.9 Å². The second-order valence-electron chi connectivity index (χ2n) is 7.35. The van der Waals surface area contributed by atoms with Crippen LogP contribution in [0.2, 0.25) is 0 Å². The van der Waals surface area contributed by atoms with Crippen LogP contribution in [0.25, 0.3) is 11.0 Å². The molecule has 0 unspecified atom stereocenters. The zero-order valence-corrected chi connectivity index (χ0v) is 15.8. The van der Waals surface area contributed by atoms with Gasteiger partial charge in [0.15, 0.2) is 0 Å². The summed E-state index contributed by atoms with van der Waals surface area (Å²) in [6.45, 7) is 3.68. The van der Waals surface area contributed by atoms with Gasteiger partial charge in [-0.15, -0.1) is 0 Å². The fourth-order valence-electron chi connectivity index (χ4n) is 3.73. The third-order valence-corrected chi connectivity index (χ3v) is 5.35. The van der Waals surface area contributed by atoms with E-state index in [0.29, 0.717) is 19.0 Å². The number of carbonyl (C=O) groups excluding carboxylic acids is 1. The van der Waals surface area contributed by atoms with Crippen LogP contribution in [0.15, 0.2) is 40.1 Å². The maximum absolute atomic E-state index is 12.5. The number of H-pyrrole nitrogens is 2. The van der Waals surface area contributed by atoms with Crippen LogP contribution in [0.4, 0.5) is 0 Å². The summed E-state index contributed by atoms with van der Waals surface area (Å²) < 4.78 is 1.35. The van der Waals surface area contributed by atoms with Gasteiger partial charge in [0.1, 0.15) is 5.82 Å². The summed E-state index contributed by atoms with van der Waals surface area (Å²) in [7, 11) is 0. The van der Waals surface area contributed by atoms with Crippen molar-refractivity contribution in [2.24, 2.45) is 0 Å². The highest BCUT2D eigenvalue weighted by atomic mass is 16.2. The van der Waals surface area contributed by atoms with Crippen LogP contribution in [-0.2, 0) is 11.3 Å². The van der Waals surface area contributed by atoms with Gasteiger partial charge in [0.05, 0.1) is 11.0 Å². The third kappa shape index (κ3) is 3.76. The molecule has 0 atom stereocenters. The van der Waals surface area contributed by atoms with Gasteiger partial charge >= 0.3 is 5.69 Å². The summed E-state index contributed by atoms with van der Waals surface area (Å²) in [4.78, 5) is 47.5. The van der Waals surface area contributed by atoms with Crippen LogP contribution in [0.5, 0.6) is 0 Å². The number of hydrogen-bond donors (Lipinski definition) is 2. The predicted molar refractivity (Wildman–Crippen MR) is 105 cm³/mol. The first-order valence-corrected chi connectivity index (χ1v) is 9.53. The van der Waals surface area contributed by atoms with Crippen LogP contribution >= 0.6 is 0 Å². The summed E-state index contributed by atoms with van der Waals surface area (Å²) in [6.07, 6.45) is 3.39. The molecule has 2 aromatic heterocycles. The lowest BCUT2D eigenvalue weighted by molar-refractivity contribution is -0.132. The molecule has 3 aromatic rings. The molecule has 0 aliphatic carbocycles. The van der Waals surface area contributed by atoms with Crippen molar-refractivity contribution in [2.75, 3.05) is 13.1 Å². The lowest BCUT2D eigenvalue weighted by Gasteiger charge is -2.31. The number of aromatic amines is 2. The molecule has 4 rings (SSSR count). The van der Waals surface area contributed by atoms with Gasteiger partial charge in [-0.1, -0.05) is 6.07 Å². The minimum atomic E-state index is -0.487. The van der Waals surface area contributed by atoms with Gasteiger partial charge in [-0.25, -0.2) is 9.78 Å². The van der Waals surface area contributed by atoms with E-state index in [1.807, 2.05) is 11.0 Å². The van der Waals surface area contributed by atoms with Crippen LogP contribution in [0, 0.1) is 6.92 Å². The largest absolute Gasteiger partial charge is 0.343 e. The van der Waals surface area contributed by atoms with Crippen molar-refractivity contribution in [3.05, 3.63) is 62.7 Å². The van der Waals surface area contributed by atoms with E-state index in [1.165, 1.54) is 22.4 Å². The molecule has 8 nitrogen and oxygen atoms in total. The maximum atomic E-state index is 12.5. The molecule has 1 fully saturated rings. The summed E-state index contributed by atoms with van der Waals surface area (Å²) in [5.41, 5.74) is 2.31. The highest BCUT2D eigenvalue weighted by Gasteiger charge is 2.25. The highest BCUT2D eigenvalue weighted by molar-refractivity contribution is 5.77. The van der Waals surface area contributed by atoms with Gasteiger partial charge in [-0.2, -0.15) is 0 Å². The molecular weight excluding hydrogens is 358 g/mol. The topological polar surface area (TPSA) is 104 Å². The number of hydrogen-bond acceptors (Lipinski definition) is 4. The Morgan fingerprint density at radius 1 is 1.18 bits per heavy atom. The van der Waals surface area contributed by atoms with Crippen LogP contribution in [-0.4, -0.2) is 43.4 Å². The van der Waals surface area contributed by atoms with E-state index in [4.69, 9.17) is 4.98 Å². The van der Waals surface area contributed by atoms with Crippen molar-refractivity contribution in [1.82, 2.24) is 24.4 Å². The fourth-order valence-corrected chi connectivity index (χ4v) is 3.73. The smallest absolute Gasteiger partial charge is 0.328 e. The number of aromatic nitrogens is 4. The van der Waals surface area contributed by atoms with Gasteiger partial charge in [0.25, 0.3) is 5.56 Å². The number of amides is 1. The molecule has 1 saturated heterocycles. The SMILES string of the molecule is Cc1ccc2nc(C3CCN(C(=O)CCn4ccc(=O)[nH]c4=O)CC3)[nH]c2c1. The van der Waals surface area contributed by atoms with E-state index in [9.17, 15) is 14.4 Å². The Labute approximate surface area is 161 Å². The number of fused-ring (bicyclic) bond motifs is 1. The van der Waals surface area contributed by atoms with Crippen molar-refractivity contribution in [3.63, 3.8) is 0 Å². The summed E-state index contributed by atoms with van der Waals surface area (Å²) in [5, 5.41) is 0. The number of imidazole rings is 1. The van der Waals surface area contributed by atoms with Crippen LogP contribution in [0.1, 0.15) is 36.6 Å². The predicted octanol–water partition coefficient (Wildman–Crippen LogP) is 1.52. The Morgan fingerprint density at radius 3 is 2.71 bits per heavy atom. The molecule has 0 radical (unpaired) electrons. The number of likely N-dealkylation sites (tertiary alicyclic amines) is 1. The summed E-state index contributed by atoms with van der Waals surface area (Å²) in [5.74, 6) is 1.34. The number of carbonyl (C=O) groups is 1. The van der Waals surface area contributed by atoms with E-state index < -0.39 is 11.2 Å². The Bertz CT molecular complexity index is 1120. The number of aryl methyl sites for hydroxylation is 2. The van der Waals surface area contributed by atoms with Gasteiger partial charge < -0.3 is 14.5 Å². The monoisotopic (exact) mass is 381 g/mol. The normalized spacial score (nSPS) is 15.2. The molecule has 0 spiro atoms. The zero-order chi connectivity index (χ0) is 19.7. The summed E-state index contributed by atoms with van der Waals surface area (Å²) in [6, 6.07) is 7.47. The lowest BCUT2D eigenvalue weighted by Crippen LogP contribution is -2.39. The zero-order valence-electron chi connectivity index (χ0n) is 15.8. The Hall–Kier alpha value is -3.16. The first-order chi connectivity index (χ1) is 13.5. The van der Waals surface area contributed by atoms with E-state index in [2.05, 4.69) is 29.0 Å². The minimum Gasteiger partial charge on any atom is -0.343 e. The van der Waals surface area contributed by atoms with Crippen molar-refractivity contribution in [1.29, 1.82) is 0 Å². The van der Waals surface area contributed by atoms with Crippen molar-refractivity contribution in [3.8, 4) is 0 Å². The average Bonchev–Trinajstić information content (AvgIpc) is 3.10. The third-order valence-electron chi connectivity index (χ3n) is 5.35. The number of piperidine rings is 1. The second kappa shape index (κ2) is 7.46. The van der Waals surface area contributed by atoms with Crippen LogP contribution in [0.3, 0.4) is 0 Å². The van der Waals surface area contributed by atoms with Gasteiger partial charge in [-0.3, -0.25) is 14.6 Å². The Balaban J connectivity index is 1.34. The first-order valence-electron chi connectivity index (χ1n) is 9.53. The van der Waals surface area contributed by atoms with Crippen LogP contribution < -0.4 is 11.2 Å². The first kappa shape index (κ1) is 18.2. The maximum Gasteiger partial charge on any atom is 0.328 e. The molecule has 1 aliphatic rings. The molecule has 1 aromatic carbocycles. The van der Waals surface area contributed by atoms with E-state index in [0.717, 1.165) is 29.7 Å². The number of rotatable bonds is 4. The fraction of sp³-hybridized carbons (Fsp3) is 0.400. The van der Waals surface area contributed by atoms with Gasteiger partial charge in [0, 0.05) is 44.2 Å². The second-order valence-corrected chi connectivity index (χ2v) is 7.35. The standard InChI is InChI=1S/C20H23N5O3/c1-13-2-3-15-16(12-13)22-19(21-15)14-4-8-24(9-5-14)18(27)7-11-25-10-6-17(26)23-20(25)28/h2-3,6,10,12,14H,4-5,7-9,11H2,1H3,(H,21,22)(H,23,26,28). The van der Waals surface area contributed by atoms with Crippen molar-refractivity contribution < 1.29 is 4.79 Å². The minimum absolute atomic E-state index is 0.0248. The number of nitrogens with one attached hydrogen (secondary N) is 2. The molecule has 28 heavy (non-hydrogen) atoms. The number of benzene rings is 1. The average molecular weight is 381 g/mol. The molecular formula is C20H23N5O3. The molecule has 2 N–H and O–H groups in total. The Kier molecular flexibility index (Phi) is 4.85. The highest BCUT2D eigenvalue weighted by Crippen LogP contribution is 2.28. The van der Waals surface area contributed by atoms with Gasteiger partial charge in [-0.05, 0) is 37.5 Å². The summed E-state index contributed by atoms with van der Waals surface area (Å²) >= 11 is 0. The van der Waals surface area contributed by atoms with E-state index in [1.54, 1.807) is 0 Å². The molecule has 0 bridgehead atoms. The lowest BCUT2D eigenvalue weighted by atomic mass is 9.96. The van der Waals surface area contributed by atoms with E-state index >= 15 is 0 Å². The molecule has 8 heteroatoms. The molecule has 3 heterocycles. The molecule has 1 amide bonds. The number of nitrogens with zero attached hydrogens (tertiary/aromatic N) is 3. The van der Waals surface area contributed by atoms with Crippen molar-refractivity contribution in [2.45, 2.75) is 38.6 Å². The van der Waals surface area contributed by atoms with Gasteiger partial charge in [0.2, 0.25) is 5.91 Å². The quantitative estimate of drug-likeness (QED) is 0.715. The molecule has 1 aliphatic heterocycles. The molecule has 146 valence electrons. The molecule has 0 saturated carbocycles.